The molecule has 5 aliphatic rings. The summed E-state index contributed by atoms with van der Waals surface area (Å²) in [6, 6.07) is 7.29. The molecule has 2 unspecified atom stereocenters. The average molecular weight is 465 g/mol. The summed E-state index contributed by atoms with van der Waals surface area (Å²) in [7, 11) is -3.50. The number of ether oxygens (including phenoxy) is 3. The van der Waals surface area contributed by atoms with Gasteiger partial charge in [-0.3, -0.25) is 4.79 Å². The molecule has 1 aliphatic carbocycles. The molecule has 1 saturated carbocycles. The van der Waals surface area contributed by atoms with Crippen molar-refractivity contribution in [3.8, 4) is 5.75 Å². The lowest BCUT2D eigenvalue weighted by atomic mass is 9.82. The summed E-state index contributed by atoms with van der Waals surface area (Å²) in [5.74, 6) is 1.06. The number of sulfonamides is 1. The molecule has 4 aliphatic heterocycles. The Morgan fingerprint density at radius 2 is 1.78 bits per heavy atom. The van der Waals surface area contributed by atoms with E-state index in [1.807, 2.05) is 18.2 Å². The SMILES string of the molecule is O=C1COc2ccccc2C2CCC(CC2)OCC2C(NS(=O)(=O)C3COC3)CCCN12. The van der Waals surface area contributed by atoms with Gasteiger partial charge in [0, 0.05) is 12.6 Å². The maximum absolute atomic E-state index is 13.2. The highest BCUT2D eigenvalue weighted by Crippen LogP contribution is 2.39. The Balaban J connectivity index is 1.39. The molecule has 0 aromatic heterocycles. The van der Waals surface area contributed by atoms with Crippen molar-refractivity contribution < 1.29 is 27.4 Å². The second kappa shape index (κ2) is 9.29. The number of hydrogen-bond donors (Lipinski definition) is 1. The Kier molecular flexibility index (Phi) is 6.42. The standard InChI is InChI=1S/C23H32N2O6S/c26-23-15-31-22-6-2-1-4-19(22)16-7-9-17(10-8-16)30-14-21-20(5-3-11-25(21)23)24-32(27,28)18-12-29-13-18/h1-2,4,6,16-18,20-21,24H,3,5,7-15H2. The van der Waals surface area contributed by atoms with Crippen LogP contribution in [0.25, 0.3) is 0 Å². The number of fused-ring (bicyclic) bond motifs is 5. The third-order valence-electron chi connectivity index (χ3n) is 7.35. The summed E-state index contributed by atoms with van der Waals surface area (Å²) >= 11 is 0. The first kappa shape index (κ1) is 22.1. The predicted molar refractivity (Wildman–Crippen MR) is 118 cm³/mol. The summed E-state index contributed by atoms with van der Waals surface area (Å²) in [6.45, 7) is 1.31. The Labute approximate surface area is 189 Å². The zero-order valence-corrected chi connectivity index (χ0v) is 19.1. The van der Waals surface area contributed by atoms with Crippen LogP contribution in [0.3, 0.4) is 0 Å². The van der Waals surface area contributed by atoms with Crippen LogP contribution in [0.5, 0.6) is 5.75 Å². The predicted octanol–water partition coefficient (Wildman–Crippen LogP) is 1.80. The number of piperidine rings is 1. The van der Waals surface area contributed by atoms with Crippen molar-refractivity contribution in [2.24, 2.45) is 0 Å². The van der Waals surface area contributed by atoms with E-state index in [2.05, 4.69) is 10.8 Å². The first-order valence-electron chi connectivity index (χ1n) is 11.7. The van der Waals surface area contributed by atoms with Gasteiger partial charge in [0.2, 0.25) is 10.0 Å². The molecular formula is C23H32N2O6S. The lowest BCUT2D eigenvalue weighted by Gasteiger charge is -2.42. The lowest BCUT2D eigenvalue weighted by Crippen LogP contribution is -2.61. The number of carbonyl (C=O) groups excluding carboxylic acids is 1. The van der Waals surface area contributed by atoms with Crippen molar-refractivity contribution in [2.75, 3.05) is 33.0 Å². The van der Waals surface area contributed by atoms with Crippen LogP contribution in [0.1, 0.15) is 50.0 Å². The van der Waals surface area contributed by atoms with Gasteiger partial charge in [0.25, 0.3) is 5.91 Å². The van der Waals surface area contributed by atoms with E-state index >= 15 is 0 Å². The molecule has 6 rings (SSSR count). The highest BCUT2D eigenvalue weighted by molar-refractivity contribution is 7.90. The number of benzene rings is 1. The summed E-state index contributed by atoms with van der Waals surface area (Å²) in [4.78, 5) is 15.0. The van der Waals surface area contributed by atoms with E-state index in [9.17, 15) is 13.2 Å². The van der Waals surface area contributed by atoms with Gasteiger partial charge in [-0.25, -0.2) is 13.1 Å². The second-order valence-electron chi connectivity index (χ2n) is 9.36. The minimum Gasteiger partial charge on any atom is -0.483 e. The number of nitrogens with one attached hydrogen (secondary N) is 1. The molecule has 0 radical (unpaired) electrons. The average Bonchev–Trinajstić information content (AvgIpc) is 2.76. The number of rotatable bonds is 3. The second-order valence-corrected chi connectivity index (χ2v) is 11.4. The van der Waals surface area contributed by atoms with Crippen molar-refractivity contribution in [3.05, 3.63) is 29.8 Å². The molecule has 1 N–H and O–H groups in total. The Bertz CT molecular complexity index is 926. The largest absolute Gasteiger partial charge is 0.483 e. The quantitative estimate of drug-likeness (QED) is 0.733. The van der Waals surface area contributed by atoms with Crippen molar-refractivity contribution in [1.82, 2.24) is 9.62 Å². The molecule has 1 aromatic rings. The maximum atomic E-state index is 13.2. The van der Waals surface area contributed by atoms with Crippen molar-refractivity contribution >= 4 is 15.9 Å². The van der Waals surface area contributed by atoms with E-state index in [1.54, 1.807) is 4.90 Å². The fraction of sp³-hybridized carbons (Fsp3) is 0.696. The molecule has 9 heteroatoms. The van der Waals surface area contributed by atoms with Gasteiger partial charge in [-0.15, -0.1) is 0 Å². The van der Waals surface area contributed by atoms with E-state index in [-0.39, 0.29) is 43.9 Å². The van der Waals surface area contributed by atoms with Gasteiger partial charge in [0.05, 0.1) is 32.0 Å². The molecule has 1 amide bonds. The van der Waals surface area contributed by atoms with Gasteiger partial charge in [-0.05, 0) is 56.1 Å². The Morgan fingerprint density at radius 3 is 2.53 bits per heavy atom. The van der Waals surface area contributed by atoms with Gasteiger partial charge in [0.15, 0.2) is 6.61 Å². The van der Waals surface area contributed by atoms with E-state index in [1.165, 1.54) is 5.56 Å². The summed E-state index contributed by atoms with van der Waals surface area (Å²) in [5.41, 5.74) is 1.17. The number of nitrogens with zero attached hydrogens (tertiary/aromatic N) is 1. The minimum absolute atomic E-state index is 0.0560. The van der Waals surface area contributed by atoms with E-state index in [0.717, 1.165) is 37.9 Å². The summed E-state index contributed by atoms with van der Waals surface area (Å²) < 4.78 is 45.8. The van der Waals surface area contributed by atoms with Crippen LogP contribution < -0.4 is 9.46 Å². The van der Waals surface area contributed by atoms with Crippen molar-refractivity contribution in [1.29, 1.82) is 0 Å². The molecule has 4 heterocycles. The summed E-state index contributed by atoms with van der Waals surface area (Å²) in [5, 5.41) is -0.514. The van der Waals surface area contributed by atoms with Gasteiger partial charge >= 0.3 is 0 Å². The van der Waals surface area contributed by atoms with Crippen LogP contribution in [0.2, 0.25) is 0 Å². The lowest BCUT2D eigenvalue weighted by molar-refractivity contribution is -0.140. The molecule has 2 atom stereocenters. The van der Waals surface area contributed by atoms with Gasteiger partial charge < -0.3 is 19.1 Å². The zero-order chi connectivity index (χ0) is 22.1. The van der Waals surface area contributed by atoms with E-state index in [0.29, 0.717) is 25.5 Å². The number of para-hydroxylation sites is 1. The number of carbonyl (C=O) groups is 1. The number of hydrogen-bond acceptors (Lipinski definition) is 6. The first-order chi connectivity index (χ1) is 15.5. The molecular weight excluding hydrogens is 432 g/mol. The smallest absolute Gasteiger partial charge is 0.260 e. The first-order valence-corrected chi connectivity index (χ1v) is 13.3. The zero-order valence-electron chi connectivity index (χ0n) is 18.3. The third-order valence-corrected chi connectivity index (χ3v) is 9.13. The Morgan fingerprint density at radius 1 is 1.00 bits per heavy atom. The van der Waals surface area contributed by atoms with Crippen LogP contribution in [0.4, 0.5) is 0 Å². The fourth-order valence-electron chi connectivity index (χ4n) is 5.36. The molecule has 2 bridgehead atoms. The van der Waals surface area contributed by atoms with Crippen LogP contribution in [0, 0.1) is 0 Å². The molecule has 2 saturated heterocycles. The van der Waals surface area contributed by atoms with Gasteiger partial charge in [0.1, 0.15) is 11.0 Å². The third kappa shape index (κ3) is 4.53. The topological polar surface area (TPSA) is 94.2 Å². The summed E-state index contributed by atoms with van der Waals surface area (Å²) in [6.07, 6.45) is 5.50. The van der Waals surface area contributed by atoms with Crippen molar-refractivity contribution in [3.63, 3.8) is 0 Å². The normalized spacial score (nSPS) is 31.9. The number of amides is 1. The van der Waals surface area contributed by atoms with Crippen molar-refractivity contribution in [2.45, 2.75) is 67.9 Å². The molecule has 0 spiro atoms. The monoisotopic (exact) mass is 464 g/mol. The van der Waals surface area contributed by atoms with E-state index in [4.69, 9.17) is 14.2 Å². The van der Waals surface area contributed by atoms with Crippen LogP contribution in [-0.2, 0) is 24.3 Å². The van der Waals surface area contributed by atoms with Crippen LogP contribution in [-0.4, -0.2) is 75.6 Å². The Hall–Kier alpha value is -1.68. The molecule has 1 aromatic carbocycles. The van der Waals surface area contributed by atoms with Crippen LogP contribution in [0.15, 0.2) is 24.3 Å². The minimum atomic E-state index is -3.50. The van der Waals surface area contributed by atoms with E-state index < -0.39 is 15.3 Å². The van der Waals surface area contributed by atoms with Crippen LogP contribution >= 0.6 is 0 Å². The highest BCUT2D eigenvalue weighted by atomic mass is 32.2. The molecule has 8 nitrogen and oxygen atoms in total. The van der Waals surface area contributed by atoms with Gasteiger partial charge in [-0.1, -0.05) is 18.2 Å². The molecule has 32 heavy (non-hydrogen) atoms. The molecule has 176 valence electrons. The molecule has 3 fully saturated rings. The fourth-order valence-corrected chi connectivity index (χ4v) is 6.80. The maximum Gasteiger partial charge on any atom is 0.260 e. The van der Waals surface area contributed by atoms with Gasteiger partial charge in [-0.2, -0.15) is 0 Å². The highest BCUT2D eigenvalue weighted by Gasteiger charge is 2.41.